The maximum atomic E-state index is 9.46. The van der Waals surface area contributed by atoms with Gasteiger partial charge in [0.1, 0.15) is 0 Å². The quantitative estimate of drug-likeness (QED) is 0.786. The fraction of sp³-hybridized carbons (Fsp3) is 0.632. The van der Waals surface area contributed by atoms with E-state index >= 15 is 0 Å². The number of aliphatic hydroxyl groups is 2. The number of nitrogens with zero attached hydrogens (tertiary/aromatic N) is 3. The Labute approximate surface area is 145 Å². The van der Waals surface area contributed by atoms with E-state index in [1.54, 1.807) is 12.4 Å². The van der Waals surface area contributed by atoms with E-state index in [1.807, 2.05) is 59.7 Å². The van der Waals surface area contributed by atoms with Crippen molar-refractivity contribution < 1.29 is 10.2 Å². The second-order valence-electron chi connectivity index (χ2n) is 8.17. The first-order valence-electron chi connectivity index (χ1n) is 8.33. The highest BCUT2D eigenvalue weighted by Gasteiger charge is 2.23. The van der Waals surface area contributed by atoms with Crippen LogP contribution in [0.5, 0.6) is 0 Å². The molecule has 1 aromatic heterocycles. The molecular formula is C19H31N3O2. The summed E-state index contributed by atoms with van der Waals surface area (Å²) in [6, 6.07) is 5.29. The molecule has 0 bridgehead atoms. The Morgan fingerprint density at radius 1 is 0.875 bits per heavy atom. The molecule has 0 amide bonds. The van der Waals surface area contributed by atoms with Gasteiger partial charge in [-0.2, -0.15) is 0 Å². The molecule has 134 valence electrons. The highest BCUT2D eigenvalue weighted by molar-refractivity contribution is 5.81. The number of aliphatic imine (C=N–C) groups is 2. The minimum absolute atomic E-state index is 0.00487. The Bertz CT molecular complexity index is 521. The van der Waals surface area contributed by atoms with Crippen molar-refractivity contribution in [2.75, 3.05) is 13.2 Å². The van der Waals surface area contributed by atoms with Crippen molar-refractivity contribution in [1.82, 2.24) is 4.98 Å². The van der Waals surface area contributed by atoms with Crippen LogP contribution in [0.3, 0.4) is 0 Å². The molecule has 5 nitrogen and oxygen atoms in total. The van der Waals surface area contributed by atoms with Crippen LogP contribution in [0.1, 0.15) is 52.9 Å². The lowest BCUT2D eigenvalue weighted by Gasteiger charge is -2.25. The lowest BCUT2D eigenvalue weighted by atomic mass is 9.88. The van der Waals surface area contributed by atoms with E-state index in [2.05, 4.69) is 15.0 Å². The third kappa shape index (κ3) is 6.49. The zero-order chi connectivity index (χ0) is 18.4. The Balaban J connectivity index is 2.91. The zero-order valence-corrected chi connectivity index (χ0v) is 15.7. The molecule has 5 heteroatoms. The summed E-state index contributed by atoms with van der Waals surface area (Å²) >= 11 is 0. The lowest BCUT2D eigenvalue weighted by molar-refractivity contribution is 0.191. The van der Waals surface area contributed by atoms with Crippen molar-refractivity contribution in [3.05, 3.63) is 29.6 Å². The monoisotopic (exact) mass is 333 g/mol. The molecule has 2 atom stereocenters. The van der Waals surface area contributed by atoms with Gasteiger partial charge in [-0.3, -0.25) is 9.98 Å². The van der Waals surface area contributed by atoms with Crippen LogP contribution in [-0.4, -0.2) is 52.9 Å². The minimum Gasteiger partial charge on any atom is -0.394 e. The largest absolute Gasteiger partial charge is 0.394 e. The van der Waals surface area contributed by atoms with Crippen LogP contribution in [0, 0.1) is 10.8 Å². The summed E-state index contributed by atoms with van der Waals surface area (Å²) in [5, 5.41) is 18.9. The summed E-state index contributed by atoms with van der Waals surface area (Å²) < 4.78 is 0. The van der Waals surface area contributed by atoms with Crippen molar-refractivity contribution in [3.8, 4) is 0 Å². The molecule has 1 aromatic rings. The van der Waals surface area contributed by atoms with Crippen LogP contribution in [-0.2, 0) is 0 Å². The summed E-state index contributed by atoms with van der Waals surface area (Å²) in [5.41, 5.74) is 1.23. The predicted molar refractivity (Wildman–Crippen MR) is 100 cm³/mol. The standard InChI is InChI=1S/C19H31N3O2/c1-18(2,3)16(12-23)20-10-14-8-7-9-15(22-14)11-21-17(13-24)19(4,5)6/h7-11,16-17,23-24H,12-13H2,1-6H3/b20-10+,21-11+/t16-,17+. The first-order valence-corrected chi connectivity index (χ1v) is 8.33. The molecule has 0 aromatic carbocycles. The van der Waals surface area contributed by atoms with Crippen molar-refractivity contribution in [2.24, 2.45) is 20.8 Å². The first kappa shape index (κ1) is 20.5. The van der Waals surface area contributed by atoms with Gasteiger partial charge in [0, 0.05) is 12.4 Å². The van der Waals surface area contributed by atoms with Gasteiger partial charge in [0.25, 0.3) is 0 Å². The number of aliphatic hydroxyl groups excluding tert-OH is 2. The minimum atomic E-state index is -0.170. The topological polar surface area (TPSA) is 78.1 Å². The molecular weight excluding hydrogens is 302 g/mol. The molecule has 0 saturated carbocycles. The SMILES string of the molecule is CC(C)(C)[C@H](CO)/N=C/c1cccc(/C=N/[C@H](CO)C(C)(C)C)n1. The van der Waals surface area contributed by atoms with E-state index in [9.17, 15) is 10.2 Å². The molecule has 1 rings (SSSR count). The van der Waals surface area contributed by atoms with E-state index in [0.717, 1.165) is 11.4 Å². The smallest absolute Gasteiger partial charge is 0.0815 e. The fourth-order valence-corrected chi connectivity index (χ4v) is 2.03. The molecule has 24 heavy (non-hydrogen) atoms. The third-order valence-electron chi connectivity index (χ3n) is 3.91. The third-order valence-corrected chi connectivity index (χ3v) is 3.91. The number of pyridine rings is 1. The van der Waals surface area contributed by atoms with E-state index in [0.29, 0.717) is 0 Å². The molecule has 0 unspecified atom stereocenters. The average Bonchev–Trinajstić information content (AvgIpc) is 2.46. The van der Waals surface area contributed by atoms with Gasteiger partial charge in [0.2, 0.25) is 0 Å². The van der Waals surface area contributed by atoms with Gasteiger partial charge in [-0.1, -0.05) is 47.6 Å². The second-order valence-corrected chi connectivity index (χ2v) is 8.17. The van der Waals surface area contributed by atoms with Gasteiger partial charge in [-0.25, -0.2) is 4.98 Å². The van der Waals surface area contributed by atoms with Crippen LogP contribution in [0.15, 0.2) is 28.2 Å². The van der Waals surface area contributed by atoms with Gasteiger partial charge in [0.15, 0.2) is 0 Å². The number of aromatic nitrogens is 1. The molecule has 0 saturated heterocycles. The molecule has 0 aliphatic rings. The highest BCUT2D eigenvalue weighted by Crippen LogP contribution is 2.22. The number of hydrogen-bond donors (Lipinski definition) is 2. The van der Waals surface area contributed by atoms with Crippen LogP contribution in [0.2, 0.25) is 0 Å². The van der Waals surface area contributed by atoms with E-state index in [1.165, 1.54) is 0 Å². The molecule has 0 aliphatic carbocycles. The van der Waals surface area contributed by atoms with Crippen LogP contribution < -0.4 is 0 Å². The highest BCUT2D eigenvalue weighted by atomic mass is 16.3. The molecule has 0 radical (unpaired) electrons. The van der Waals surface area contributed by atoms with Crippen molar-refractivity contribution >= 4 is 12.4 Å². The summed E-state index contributed by atoms with van der Waals surface area (Å²) in [6.45, 7) is 12.3. The van der Waals surface area contributed by atoms with Crippen molar-refractivity contribution in [1.29, 1.82) is 0 Å². The van der Waals surface area contributed by atoms with Gasteiger partial charge >= 0.3 is 0 Å². The van der Waals surface area contributed by atoms with Crippen LogP contribution in [0.25, 0.3) is 0 Å². The van der Waals surface area contributed by atoms with Crippen molar-refractivity contribution in [3.63, 3.8) is 0 Å². The summed E-state index contributed by atoms with van der Waals surface area (Å²) in [7, 11) is 0. The van der Waals surface area contributed by atoms with Gasteiger partial charge < -0.3 is 10.2 Å². The molecule has 0 fully saturated rings. The fourth-order valence-electron chi connectivity index (χ4n) is 2.03. The summed E-state index contributed by atoms with van der Waals surface area (Å²) in [6.07, 6.45) is 3.38. The Morgan fingerprint density at radius 3 is 1.54 bits per heavy atom. The molecule has 1 heterocycles. The first-order chi connectivity index (χ1) is 11.1. The summed E-state index contributed by atoms with van der Waals surface area (Å²) in [4.78, 5) is 13.4. The van der Waals surface area contributed by atoms with Gasteiger partial charge in [-0.05, 0) is 23.0 Å². The van der Waals surface area contributed by atoms with Crippen LogP contribution in [0.4, 0.5) is 0 Å². The summed E-state index contributed by atoms with van der Waals surface area (Å²) in [5.74, 6) is 0. The van der Waals surface area contributed by atoms with Gasteiger partial charge in [0.05, 0.1) is 36.7 Å². The van der Waals surface area contributed by atoms with Gasteiger partial charge in [-0.15, -0.1) is 0 Å². The Kier molecular flexibility index (Phi) is 7.24. The van der Waals surface area contributed by atoms with Crippen LogP contribution >= 0.6 is 0 Å². The average molecular weight is 333 g/mol. The molecule has 0 spiro atoms. The maximum Gasteiger partial charge on any atom is 0.0815 e. The second kappa shape index (κ2) is 8.49. The van der Waals surface area contributed by atoms with E-state index in [-0.39, 0.29) is 36.1 Å². The predicted octanol–water partition coefficient (Wildman–Crippen LogP) is 2.73. The zero-order valence-electron chi connectivity index (χ0n) is 15.7. The Morgan fingerprint density at radius 2 is 1.25 bits per heavy atom. The number of hydrogen-bond acceptors (Lipinski definition) is 5. The van der Waals surface area contributed by atoms with E-state index in [4.69, 9.17) is 0 Å². The normalized spacial score (nSPS) is 16.0. The molecule has 0 aliphatic heterocycles. The van der Waals surface area contributed by atoms with Crippen molar-refractivity contribution in [2.45, 2.75) is 53.6 Å². The lowest BCUT2D eigenvalue weighted by Crippen LogP contribution is -2.28. The Hall–Kier alpha value is -1.59. The van der Waals surface area contributed by atoms with E-state index < -0.39 is 0 Å². The maximum absolute atomic E-state index is 9.46. The molecule has 2 N–H and O–H groups in total. The number of rotatable bonds is 6.